The van der Waals surface area contributed by atoms with Crippen LogP contribution in [0, 0.1) is 0 Å². The number of anilines is 2. The summed E-state index contributed by atoms with van der Waals surface area (Å²) in [5, 5.41) is 14.4. The Morgan fingerprint density at radius 1 is 1.22 bits per heavy atom. The largest absolute Gasteiger partial charge is 0.391 e. The molecule has 2 aliphatic rings. The predicted octanol–water partition coefficient (Wildman–Crippen LogP) is 3.02. The van der Waals surface area contributed by atoms with E-state index in [1.807, 2.05) is 6.07 Å². The van der Waals surface area contributed by atoms with Gasteiger partial charge in [0.25, 0.3) is 0 Å². The molecule has 0 bridgehead atoms. The van der Waals surface area contributed by atoms with Crippen LogP contribution in [0.4, 0.5) is 11.8 Å². The van der Waals surface area contributed by atoms with Crippen LogP contribution in [0.2, 0.25) is 0 Å². The first-order chi connectivity index (χ1) is 13.3. The van der Waals surface area contributed by atoms with Gasteiger partial charge < -0.3 is 20.3 Å². The van der Waals surface area contributed by atoms with Gasteiger partial charge in [-0.05, 0) is 61.4 Å². The summed E-state index contributed by atoms with van der Waals surface area (Å²) in [6.45, 7) is 2.18. The number of β-amino-alcohol motifs (C(OH)–C–C–N with tert-alkyl or cyclic N) is 1. The summed E-state index contributed by atoms with van der Waals surface area (Å²) in [7, 11) is 0. The number of benzene rings is 1. The molecule has 3 N–H and O–H groups in total. The quantitative estimate of drug-likeness (QED) is 0.664. The van der Waals surface area contributed by atoms with Crippen LogP contribution < -0.4 is 10.2 Å². The Labute approximate surface area is 158 Å². The van der Waals surface area contributed by atoms with Crippen LogP contribution in [0.15, 0.2) is 30.5 Å². The molecule has 1 aromatic carbocycles. The fourth-order valence-electron chi connectivity index (χ4n) is 4.30. The Balaban J connectivity index is 1.32. The maximum Gasteiger partial charge on any atom is 0.224 e. The number of hydrogen-bond donors (Lipinski definition) is 3. The van der Waals surface area contributed by atoms with E-state index < -0.39 is 0 Å². The molecule has 0 spiro atoms. The van der Waals surface area contributed by atoms with Gasteiger partial charge >= 0.3 is 0 Å². The van der Waals surface area contributed by atoms with Crippen molar-refractivity contribution >= 4 is 22.7 Å². The van der Waals surface area contributed by atoms with Crippen molar-refractivity contribution in [3.05, 3.63) is 47.3 Å². The molecule has 1 atom stereocenters. The molecule has 3 aromatic rings. The minimum Gasteiger partial charge on any atom is -0.391 e. The van der Waals surface area contributed by atoms with Crippen molar-refractivity contribution in [2.75, 3.05) is 23.3 Å². The van der Waals surface area contributed by atoms with Crippen LogP contribution in [0.3, 0.4) is 0 Å². The molecule has 0 amide bonds. The molecule has 140 valence electrons. The molecule has 1 aliphatic heterocycles. The number of aliphatic hydroxyl groups is 1. The van der Waals surface area contributed by atoms with E-state index in [0.29, 0.717) is 19.0 Å². The van der Waals surface area contributed by atoms with E-state index in [9.17, 15) is 5.11 Å². The van der Waals surface area contributed by atoms with Crippen molar-refractivity contribution in [2.24, 2.45) is 0 Å². The van der Waals surface area contributed by atoms with E-state index in [4.69, 9.17) is 0 Å². The summed E-state index contributed by atoms with van der Waals surface area (Å²) in [5.41, 5.74) is 5.41. The fraction of sp³-hybridized carbons (Fsp3) is 0.429. The molecule has 0 saturated carbocycles. The Morgan fingerprint density at radius 3 is 3.04 bits per heavy atom. The van der Waals surface area contributed by atoms with Gasteiger partial charge in [0.15, 0.2) is 0 Å². The van der Waals surface area contributed by atoms with E-state index in [0.717, 1.165) is 18.8 Å². The van der Waals surface area contributed by atoms with Crippen molar-refractivity contribution in [1.82, 2.24) is 15.0 Å². The highest BCUT2D eigenvalue weighted by Crippen LogP contribution is 2.30. The first-order valence-electron chi connectivity index (χ1n) is 9.88. The summed E-state index contributed by atoms with van der Waals surface area (Å²) in [6.07, 6.45) is 7.25. The van der Waals surface area contributed by atoms with Gasteiger partial charge in [0.05, 0.1) is 6.10 Å². The standard InChI is InChI=1S/C21H25N5O/c27-15-8-10-26(13-15)20-7-9-22-21(25-20)23-12-14-5-6-19-17(11-14)16-3-1-2-4-18(16)24-19/h5-7,9,11,15,24,27H,1-4,8,10,12-13H2,(H,22,23,25). The molecule has 0 radical (unpaired) electrons. The Kier molecular flexibility index (Phi) is 4.20. The summed E-state index contributed by atoms with van der Waals surface area (Å²) in [5.74, 6) is 1.50. The summed E-state index contributed by atoms with van der Waals surface area (Å²) in [6, 6.07) is 8.55. The third kappa shape index (κ3) is 3.25. The molecule has 3 heterocycles. The average molecular weight is 363 g/mol. The van der Waals surface area contributed by atoms with E-state index in [2.05, 4.69) is 43.4 Å². The zero-order valence-electron chi connectivity index (χ0n) is 15.4. The third-order valence-electron chi connectivity index (χ3n) is 5.74. The first kappa shape index (κ1) is 16.6. The van der Waals surface area contributed by atoms with Gasteiger partial charge in [-0.15, -0.1) is 0 Å². The molecule has 5 rings (SSSR count). The normalized spacial score (nSPS) is 19.4. The van der Waals surface area contributed by atoms with E-state index in [-0.39, 0.29) is 6.10 Å². The van der Waals surface area contributed by atoms with Crippen molar-refractivity contribution in [3.63, 3.8) is 0 Å². The molecule has 1 fully saturated rings. The second-order valence-electron chi connectivity index (χ2n) is 7.65. The molecule has 1 saturated heterocycles. The molecule has 2 aromatic heterocycles. The summed E-state index contributed by atoms with van der Waals surface area (Å²) in [4.78, 5) is 14.7. The number of nitrogens with one attached hydrogen (secondary N) is 2. The van der Waals surface area contributed by atoms with Crippen LogP contribution >= 0.6 is 0 Å². The molecule has 6 nitrogen and oxygen atoms in total. The predicted molar refractivity (Wildman–Crippen MR) is 107 cm³/mol. The lowest BCUT2D eigenvalue weighted by molar-refractivity contribution is 0.198. The molecular weight excluding hydrogens is 338 g/mol. The molecular formula is C21H25N5O. The maximum absolute atomic E-state index is 9.73. The van der Waals surface area contributed by atoms with Crippen LogP contribution in [0.1, 0.15) is 36.1 Å². The van der Waals surface area contributed by atoms with E-state index >= 15 is 0 Å². The average Bonchev–Trinajstić information content (AvgIpc) is 3.30. The second kappa shape index (κ2) is 6.85. The smallest absolute Gasteiger partial charge is 0.224 e. The van der Waals surface area contributed by atoms with Gasteiger partial charge in [-0.25, -0.2) is 4.98 Å². The highest BCUT2D eigenvalue weighted by Gasteiger charge is 2.21. The Hall–Kier alpha value is -2.60. The Morgan fingerprint density at radius 2 is 2.15 bits per heavy atom. The zero-order chi connectivity index (χ0) is 18.2. The number of aromatic nitrogens is 3. The number of rotatable bonds is 4. The molecule has 6 heteroatoms. The number of hydrogen-bond acceptors (Lipinski definition) is 5. The summed E-state index contributed by atoms with van der Waals surface area (Å²) >= 11 is 0. The number of nitrogens with zero attached hydrogens (tertiary/aromatic N) is 3. The number of aromatic amines is 1. The summed E-state index contributed by atoms with van der Waals surface area (Å²) < 4.78 is 0. The monoisotopic (exact) mass is 363 g/mol. The fourth-order valence-corrected chi connectivity index (χ4v) is 4.30. The van der Waals surface area contributed by atoms with Gasteiger partial charge in [0.2, 0.25) is 5.95 Å². The van der Waals surface area contributed by atoms with Gasteiger partial charge in [0, 0.05) is 42.4 Å². The highest BCUT2D eigenvalue weighted by atomic mass is 16.3. The lowest BCUT2D eigenvalue weighted by atomic mass is 9.95. The molecule has 1 unspecified atom stereocenters. The van der Waals surface area contributed by atoms with Gasteiger partial charge in [-0.1, -0.05) is 6.07 Å². The SMILES string of the molecule is OC1CCN(c2ccnc(NCc3ccc4[nH]c5c(c4c3)CCCC5)n2)C1. The van der Waals surface area contributed by atoms with Crippen molar-refractivity contribution in [1.29, 1.82) is 0 Å². The van der Waals surface area contributed by atoms with E-state index in [1.165, 1.54) is 53.4 Å². The van der Waals surface area contributed by atoms with Crippen LogP contribution in [0.25, 0.3) is 10.9 Å². The lowest BCUT2D eigenvalue weighted by Crippen LogP contribution is -2.22. The molecule has 1 aliphatic carbocycles. The van der Waals surface area contributed by atoms with Gasteiger partial charge in [0.1, 0.15) is 5.82 Å². The minimum atomic E-state index is -0.254. The van der Waals surface area contributed by atoms with Crippen LogP contribution in [-0.2, 0) is 19.4 Å². The maximum atomic E-state index is 9.73. The highest BCUT2D eigenvalue weighted by molar-refractivity contribution is 5.85. The van der Waals surface area contributed by atoms with Gasteiger partial charge in [-0.2, -0.15) is 4.98 Å². The van der Waals surface area contributed by atoms with E-state index in [1.54, 1.807) is 6.20 Å². The Bertz CT molecular complexity index is 966. The molecule has 27 heavy (non-hydrogen) atoms. The minimum absolute atomic E-state index is 0.254. The topological polar surface area (TPSA) is 77.1 Å². The van der Waals surface area contributed by atoms with Crippen molar-refractivity contribution < 1.29 is 5.11 Å². The van der Waals surface area contributed by atoms with Crippen molar-refractivity contribution in [2.45, 2.75) is 44.8 Å². The number of aliphatic hydroxyl groups excluding tert-OH is 1. The van der Waals surface area contributed by atoms with Crippen LogP contribution in [-0.4, -0.2) is 39.3 Å². The zero-order valence-corrected chi connectivity index (χ0v) is 15.4. The third-order valence-corrected chi connectivity index (χ3v) is 5.74. The van der Waals surface area contributed by atoms with Gasteiger partial charge in [-0.3, -0.25) is 0 Å². The van der Waals surface area contributed by atoms with Crippen LogP contribution in [0.5, 0.6) is 0 Å². The lowest BCUT2D eigenvalue weighted by Gasteiger charge is -2.17. The number of aryl methyl sites for hydroxylation is 2. The number of H-pyrrole nitrogens is 1. The first-order valence-corrected chi connectivity index (χ1v) is 9.88. The second-order valence-corrected chi connectivity index (χ2v) is 7.65. The number of fused-ring (bicyclic) bond motifs is 3. The van der Waals surface area contributed by atoms with Crippen molar-refractivity contribution in [3.8, 4) is 0 Å².